The topological polar surface area (TPSA) is 114 Å². The van der Waals surface area contributed by atoms with Gasteiger partial charge in [0.25, 0.3) is 11.8 Å². The predicted molar refractivity (Wildman–Crippen MR) is 171 cm³/mol. The van der Waals surface area contributed by atoms with E-state index >= 15 is 0 Å². The Morgan fingerprint density at radius 1 is 0.556 bits per heavy atom. The van der Waals surface area contributed by atoms with E-state index in [1.807, 2.05) is 62.4 Å². The van der Waals surface area contributed by atoms with Gasteiger partial charge < -0.3 is 38.9 Å². The number of carbonyl (C=O) groups excluding carboxylic acids is 2. The van der Waals surface area contributed by atoms with Gasteiger partial charge in [0.15, 0.2) is 0 Å². The van der Waals surface area contributed by atoms with Gasteiger partial charge >= 0.3 is 7.69 Å². The third-order valence-corrected chi connectivity index (χ3v) is 7.09. The number of benzene rings is 4. The third-order valence-electron chi connectivity index (χ3n) is 7.09. The smallest absolute Gasteiger partial charge is 0.526 e. The average molecular weight is 611 g/mol. The van der Waals surface area contributed by atoms with Crippen LogP contribution < -0.4 is 38.9 Å². The van der Waals surface area contributed by atoms with E-state index in [4.69, 9.17) is 28.3 Å². The molecule has 4 aromatic rings. The number of rotatable bonds is 14. The zero-order valence-corrected chi connectivity index (χ0v) is 26.1. The second-order valence-electron chi connectivity index (χ2n) is 10.00. The molecule has 0 aliphatic carbocycles. The molecule has 2 unspecified atom stereocenters. The fraction of sp³-hybridized carbons (Fsp3) is 0.235. The monoisotopic (exact) mass is 611 g/mol. The largest absolute Gasteiger partial charge is 0.658 e. The third kappa shape index (κ3) is 8.41. The van der Waals surface area contributed by atoms with Crippen LogP contribution in [0, 0.1) is 0 Å². The molecule has 45 heavy (non-hydrogen) atoms. The molecule has 233 valence electrons. The van der Waals surface area contributed by atoms with Crippen LogP contribution in [-0.4, -0.2) is 47.9 Å². The second kappa shape index (κ2) is 15.4. The molecule has 2 amide bonds. The Balaban J connectivity index is 1.35. The molecule has 0 bridgehead atoms. The first-order chi connectivity index (χ1) is 21.8. The number of nitrogens with one attached hydrogen (secondary N) is 2. The van der Waals surface area contributed by atoms with Crippen LogP contribution in [0.1, 0.15) is 57.8 Å². The molecule has 0 saturated heterocycles. The quantitative estimate of drug-likeness (QED) is 0.175. The van der Waals surface area contributed by atoms with Crippen LogP contribution in [0.3, 0.4) is 0 Å². The second-order valence-corrected chi connectivity index (χ2v) is 10.00. The predicted octanol–water partition coefficient (Wildman–Crippen LogP) is 5.70. The van der Waals surface area contributed by atoms with Crippen molar-refractivity contribution in [2.24, 2.45) is 0 Å². The van der Waals surface area contributed by atoms with Gasteiger partial charge in [-0.25, -0.2) is 0 Å². The first-order valence-corrected chi connectivity index (χ1v) is 14.2. The number of methoxy groups -OCH3 is 4. The van der Waals surface area contributed by atoms with Crippen molar-refractivity contribution in [3.05, 3.63) is 107 Å². The first kappa shape index (κ1) is 32.6. The van der Waals surface area contributed by atoms with Crippen molar-refractivity contribution in [3.8, 4) is 34.5 Å². The minimum atomic E-state index is -0.303. The summed E-state index contributed by atoms with van der Waals surface area (Å²) in [4.78, 5) is 26.0. The number of carbonyl (C=O) groups is 2. The van der Waals surface area contributed by atoms with Crippen LogP contribution in [0.15, 0.2) is 84.9 Å². The molecule has 0 heterocycles. The molecule has 0 aliphatic rings. The van der Waals surface area contributed by atoms with Gasteiger partial charge in [-0.2, -0.15) is 0 Å². The van der Waals surface area contributed by atoms with E-state index in [2.05, 4.69) is 10.6 Å². The van der Waals surface area contributed by atoms with E-state index in [0.29, 0.717) is 45.6 Å². The lowest BCUT2D eigenvalue weighted by Crippen LogP contribution is -2.27. The van der Waals surface area contributed by atoms with E-state index < -0.39 is 0 Å². The van der Waals surface area contributed by atoms with Crippen LogP contribution in [0.5, 0.6) is 34.5 Å². The number of amides is 2. The highest BCUT2D eigenvalue weighted by atomic mass is 16.6. The summed E-state index contributed by atoms with van der Waals surface area (Å²) in [5.41, 5.74) is 2.50. The Bertz CT molecular complexity index is 1510. The average Bonchev–Trinajstić information content (AvgIpc) is 3.07. The zero-order chi connectivity index (χ0) is 32.3. The van der Waals surface area contributed by atoms with Crippen LogP contribution in [0.2, 0.25) is 0 Å². The number of hydrogen-bond donors (Lipinski definition) is 2. The molecule has 0 aromatic heterocycles. The maximum absolute atomic E-state index is 13.0. The summed E-state index contributed by atoms with van der Waals surface area (Å²) >= 11 is 0. The highest BCUT2D eigenvalue weighted by molar-refractivity contribution is 6.20. The van der Waals surface area contributed by atoms with Crippen LogP contribution in [-0.2, 0) is 0 Å². The van der Waals surface area contributed by atoms with Gasteiger partial charge in [-0.05, 0) is 73.5 Å². The molecule has 0 fully saturated rings. The molecule has 0 aliphatic heterocycles. The van der Waals surface area contributed by atoms with Crippen molar-refractivity contribution in [2.75, 3.05) is 28.4 Å². The molecular weight excluding hydrogens is 575 g/mol. The minimum Gasteiger partial charge on any atom is -0.526 e. The van der Waals surface area contributed by atoms with Crippen molar-refractivity contribution >= 4 is 19.5 Å². The lowest BCUT2D eigenvalue weighted by Gasteiger charge is -2.17. The maximum Gasteiger partial charge on any atom is 0.658 e. The van der Waals surface area contributed by atoms with Crippen molar-refractivity contribution in [1.29, 1.82) is 0 Å². The fourth-order valence-corrected chi connectivity index (χ4v) is 4.54. The summed E-state index contributed by atoms with van der Waals surface area (Å²) < 4.78 is 32.7. The van der Waals surface area contributed by atoms with Crippen LogP contribution >= 0.6 is 0 Å². The van der Waals surface area contributed by atoms with Crippen molar-refractivity contribution in [2.45, 2.75) is 25.9 Å². The van der Waals surface area contributed by atoms with E-state index in [1.165, 1.54) is 14.2 Å². The van der Waals surface area contributed by atoms with Gasteiger partial charge in [-0.3, -0.25) is 9.59 Å². The Morgan fingerprint density at radius 2 is 0.978 bits per heavy atom. The highest BCUT2D eigenvalue weighted by Crippen LogP contribution is 2.28. The summed E-state index contributed by atoms with van der Waals surface area (Å²) in [5, 5.41) is 5.95. The van der Waals surface area contributed by atoms with Gasteiger partial charge in [0.1, 0.15) is 34.5 Å². The van der Waals surface area contributed by atoms with Gasteiger partial charge in [-0.1, -0.05) is 24.3 Å². The zero-order valence-electron chi connectivity index (χ0n) is 26.1. The van der Waals surface area contributed by atoms with Gasteiger partial charge in [0.2, 0.25) is 0 Å². The standard InChI is InChI=1S/C34H36BN2O8/c1-21(23-9-7-11-25(17-23)40-3)36-33(38)29-15-13-27(19-31(29)42-5)44-35-45-28-14-16-30(32(20-28)43-6)34(39)37-22(2)24-10-8-12-26(18-24)41-4/h7-22H,1-6H3,(H,36,38)(H,37,39). The van der Waals surface area contributed by atoms with Crippen LogP contribution in [0.25, 0.3) is 0 Å². The van der Waals surface area contributed by atoms with E-state index in [1.54, 1.807) is 50.6 Å². The number of hydrogen-bond acceptors (Lipinski definition) is 8. The van der Waals surface area contributed by atoms with E-state index in [9.17, 15) is 9.59 Å². The molecule has 2 atom stereocenters. The molecular formula is C34H36BN2O8. The van der Waals surface area contributed by atoms with Crippen molar-refractivity contribution in [3.63, 3.8) is 0 Å². The fourth-order valence-electron chi connectivity index (χ4n) is 4.54. The highest BCUT2D eigenvalue weighted by Gasteiger charge is 2.19. The SMILES string of the molecule is COc1cccc(C(C)NC(=O)c2ccc(O[B]Oc3ccc(C(=O)NC(C)c4cccc(OC)c4)c(OC)c3)cc2OC)c1. The summed E-state index contributed by atoms with van der Waals surface area (Å²) in [7, 11) is 7.28. The molecule has 0 spiro atoms. The van der Waals surface area contributed by atoms with Crippen LogP contribution in [0.4, 0.5) is 0 Å². The summed E-state index contributed by atoms with van der Waals surface area (Å²) in [6.45, 7) is 3.78. The molecule has 2 N–H and O–H groups in total. The molecule has 0 saturated carbocycles. The lowest BCUT2D eigenvalue weighted by molar-refractivity contribution is 0.0928. The molecule has 1 radical (unpaired) electrons. The molecule has 4 aromatic carbocycles. The minimum absolute atomic E-state index is 0.263. The van der Waals surface area contributed by atoms with Gasteiger partial charge in [-0.15, -0.1) is 0 Å². The molecule has 4 rings (SSSR count). The van der Waals surface area contributed by atoms with Crippen molar-refractivity contribution in [1.82, 2.24) is 10.6 Å². The first-order valence-electron chi connectivity index (χ1n) is 14.2. The van der Waals surface area contributed by atoms with Gasteiger partial charge in [0, 0.05) is 12.1 Å². The molecule has 10 nitrogen and oxygen atoms in total. The van der Waals surface area contributed by atoms with E-state index in [-0.39, 0.29) is 23.9 Å². The normalized spacial score (nSPS) is 11.8. The maximum atomic E-state index is 13.0. The molecule has 11 heteroatoms. The number of ether oxygens (including phenoxy) is 4. The Kier molecular flexibility index (Phi) is 11.2. The van der Waals surface area contributed by atoms with E-state index in [0.717, 1.165) is 18.8 Å². The summed E-state index contributed by atoms with van der Waals surface area (Å²) in [6.07, 6.45) is 0. The lowest BCUT2D eigenvalue weighted by atomic mass is 10.1. The van der Waals surface area contributed by atoms with Crippen molar-refractivity contribution < 1.29 is 37.8 Å². The Hall–Kier alpha value is -5.32. The summed E-state index contributed by atoms with van der Waals surface area (Å²) in [6, 6.07) is 24.1. The Labute approximate surface area is 263 Å². The summed E-state index contributed by atoms with van der Waals surface area (Å²) in [5.74, 6) is 2.25. The Morgan fingerprint density at radius 3 is 1.36 bits per heavy atom. The van der Waals surface area contributed by atoms with Gasteiger partial charge in [0.05, 0.1) is 51.6 Å².